The van der Waals surface area contributed by atoms with E-state index >= 15 is 0 Å². The van der Waals surface area contributed by atoms with Crippen LogP contribution in [0.15, 0.2) is 40.2 Å². The molecule has 35 heavy (non-hydrogen) atoms. The molecule has 2 fully saturated rings. The van der Waals surface area contributed by atoms with Gasteiger partial charge in [-0.25, -0.2) is 9.38 Å². The van der Waals surface area contributed by atoms with Crippen molar-refractivity contribution < 1.29 is 4.39 Å². The van der Waals surface area contributed by atoms with Gasteiger partial charge in [-0.3, -0.25) is 14.8 Å². The Kier molecular flexibility index (Phi) is 6.05. The minimum atomic E-state index is -0.346. The fraction of sp³-hybridized carbons (Fsp3) is 0.462. The van der Waals surface area contributed by atoms with Crippen molar-refractivity contribution in [1.82, 2.24) is 25.0 Å². The highest BCUT2D eigenvalue weighted by molar-refractivity contribution is 5.84. The molecular weight excluding hydrogens is 445 g/mol. The molecule has 2 aliphatic rings. The van der Waals surface area contributed by atoms with Crippen LogP contribution in [0.5, 0.6) is 0 Å². The lowest BCUT2D eigenvalue weighted by molar-refractivity contribution is 0.437. The molecule has 0 spiro atoms. The Morgan fingerprint density at radius 3 is 2.69 bits per heavy atom. The molecule has 3 aromatic rings. The van der Waals surface area contributed by atoms with Gasteiger partial charge in [-0.2, -0.15) is 10.4 Å². The van der Waals surface area contributed by atoms with Crippen molar-refractivity contribution in [1.29, 1.82) is 5.26 Å². The van der Waals surface area contributed by atoms with E-state index < -0.39 is 0 Å². The summed E-state index contributed by atoms with van der Waals surface area (Å²) in [6.45, 7) is 8.26. The predicted molar refractivity (Wildman–Crippen MR) is 133 cm³/mol. The van der Waals surface area contributed by atoms with Gasteiger partial charge in [-0.1, -0.05) is 6.07 Å². The molecule has 0 radical (unpaired) electrons. The first kappa shape index (κ1) is 23.1. The number of hydrogen-bond acceptors (Lipinski definition) is 4. The number of rotatable bonds is 4. The third-order valence-electron chi connectivity index (χ3n) is 7.30. The number of aliphatic imine (C=N–C) groups is 1. The number of aryl methyl sites for hydroxylation is 1. The second kappa shape index (κ2) is 9.17. The molecule has 8 nitrogen and oxygen atoms in total. The monoisotopic (exact) mass is 475 g/mol. The standard InChI is InChI=1S/C26H30FN7O/c1-4-34-24-10-17(9-22(27)21(24)11-30-34)23-6-5-20(25(35)32-23)16-7-18-12-33(13-19(18)8-16)26(29-14-28)31-15(2)3/h5-6,9-11,15-16,18-19H,4,7-8,12-13H2,1-3H3,(H,29,31)(H,32,35). The van der Waals surface area contributed by atoms with Crippen molar-refractivity contribution in [2.75, 3.05) is 13.1 Å². The molecule has 9 heteroatoms. The smallest absolute Gasteiger partial charge is 0.251 e. The second-order valence-corrected chi connectivity index (χ2v) is 9.88. The van der Waals surface area contributed by atoms with Gasteiger partial charge in [-0.05, 0) is 69.6 Å². The Bertz CT molecular complexity index is 1370. The van der Waals surface area contributed by atoms with E-state index in [9.17, 15) is 9.18 Å². The maximum absolute atomic E-state index is 14.7. The summed E-state index contributed by atoms with van der Waals surface area (Å²) in [6.07, 6.45) is 5.40. The number of fused-ring (bicyclic) bond motifs is 2. The lowest BCUT2D eigenvalue weighted by atomic mass is 9.96. The van der Waals surface area contributed by atoms with Crippen LogP contribution in [0.4, 0.5) is 4.39 Å². The zero-order chi connectivity index (χ0) is 24.7. The number of benzene rings is 1. The van der Waals surface area contributed by atoms with Crippen LogP contribution in [0, 0.1) is 29.1 Å². The van der Waals surface area contributed by atoms with Crippen molar-refractivity contribution in [2.24, 2.45) is 16.8 Å². The topological polar surface area (TPSA) is 102 Å². The SMILES string of the molecule is CCn1ncc2c(F)cc(-c3ccc(C4CC5CN(C(=NC(C)C)NC#N)CC5C4)c(=O)[nH]3)cc21. The van der Waals surface area contributed by atoms with E-state index in [1.54, 1.807) is 4.68 Å². The van der Waals surface area contributed by atoms with Crippen molar-refractivity contribution in [3.63, 3.8) is 0 Å². The fourth-order valence-electron chi connectivity index (χ4n) is 5.73. The number of guanidine groups is 1. The summed E-state index contributed by atoms with van der Waals surface area (Å²) in [5.41, 5.74) is 2.63. The second-order valence-electron chi connectivity index (χ2n) is 9.88. The maximum atomic E-state index is 14.7. The van der Waals surface area contributed by atoms with Gasteiger partial charge in [-0.15, -0.1) is 0 Å². The quantitative estimate of drug-likeness (QED) is 0.259. The van der Waals surface area contributed by atoms with Crippen molar-refractivity contribution in [3.05, 3.63) is 52.2 Å². The first-order valence-corrected chi connectivity index (χ1v) is 12.2. The van der Waals surface area contributed by atoms with Crippen LogP contribution in [-0.2, 0) is 6.54 Å². The molecule has 0 bridgehead atoms. The van der Waals surface area contributed by atoms with Crippen LogP contribution in [0.25, 0.3) is 22.2 Å². The van der Waals surface area contributed by atoms with Crippen LogP contribution < -0.4 is 10.9 Å². The largest absolute Gasteiger partial charge is 0.342 e. The van der Waals surface area contributed by atoms with Gasteiger partial charge >= 0.3 is 0 Å². The number of aromatic nitrogens is 3. The third kappa shape index (κ3) is 4.29. The molecule has 2 atom stereocenters. The molecule has 1 aliphatic heterocycles. The number of halogens is 1. The molecule has 1 saturated carbocycles. The summed E-state index contributed by atoms with van der Waals surface area (Å²) < 4.78 is 16.4. The molecule has 5 rings (SSSR count). The minimum absolute atomic E-state index is 0.104. The number of hydrogen-bond donors (Lipinski definition) is 2. The Labute approximate surface area is 203 Å². The fourth-order valence-corrected chi connectivity index (χ4v) is 5.73. The molecule has 1 aromatic carbocycles. The zero-order valence-corrected chi connectivity index (χ0v) is 20.3. The summed E-state index contributed by atoms with van der Waals surface area (Å²) in [7, 11) is 0. The number of likely N-dealkylation sites (tertiary alicyclic amines) is 1. The van der Waals surface area contributed by atoms with Gasteiger partial charge in [0.15, 0.2) is 6.19 Å². The highest BCUT2D eigenvalue weighted by atomic mass is 19.1. The normalized spacial score (nSPS) is 22.1. The third-order valence-corrected chi connectivity index (χ3v) is 7.30. The zero-order valence-electron chi connectivity index (χ0n) is 20.3. The first-order chi connectivity index (χ1) is 16.9. The van der Waals surface area contributed by atoms with Crippen molar-refractivity contribution in [3.8, 4) is 17.5 Å². The van der Waals surface area contributed by atoms with E-state index in [-0.39, 0.29) is 23.3 Å². The molecule has 1 saturated heterocycles. The molecule has 1 aliphatic carbocycles. The number of H-pyrrole nitrogens is 1. The van der Waals surface area contributed by atoms with Gasteiger partial charge in [0.25, 0.3) is 5.56 Å². The van der Waals surface area contributed by atoms with Crippen LogP contribution in [0.1, 0.15) is 45.1 Å². The molecule has 2 aromatic heterocycles. The van der Waals surface area contributed by atoms with Crippen LogP contribution in [0.2, 0.25) is 0 Å². The Balaban J connectivity index is 1.34. The van der Waals surface area contributed by atoms with Gasteiger partial charge in [0.05, 0.1) is 17.1 Å². The molecule has 3 heterocycles. The van der Waals surface area contributed by atoms with Gasteiger partial charge in [0, 0.05) is 42.5 Å². The Morgan fingerprint density at radius 2 is 2.06 bits per heavy atom. The van der Waals surface area contributed by atoms with Gasteiger partial charge < -0.3 is 9.88 Å². The maximum Gasteiger partial charge on any atom is 0.251 e. The van der Waals surface area contributed by atoms with E-state index in [4.69, 9.17) is 5.26 Å². The van der Waals surface area contributed by atoms with E-state index in [0.717, 1.165) is 31.5 Å². The predicted octanol–water partition coefficient (Wildman–Crippen LogP) is 3.81. The van der Waals surface area contributed by atoms with E-state index in [1.165, 1.54) is 12.3 Å². The van der Waals surface area contributed by atoms with Gasteiger partial charge in [0.2, 0.25) is 5.96 Å². The van der Waals surface area contributed by atoms with Crippen LogP contribution in [0.3, 0.4) is 0 Å². The molecule has 2 unspecified atom stereocenters. The number of aromatic amines is 1. The average molecular weight is 476 g/mol. The Hall–Kier alpha value is -3.67. The summed E-state index contributed by atoms with van der Waals surface area (Å²) in [5, 5.41) is 16.5. The van der Waals surface area contributed by atoms with E-state index in [0.29, 0.717) is 46.5 Å². The minimum Gasteiger partial charge on any atom is -0.342 e. The summed E-state index contributed by atoms with van der Waals surface area (Å²) in [6, 6.07) is 7.22. The first-order valence-electron chi connectivity index (χ1n) is 12.2. The summed E-state index contributed by atoms with van der Waals surface area (Å²) >= 11 is 0. The number of nitrogens with zero attached hydrogens (tertiary/aromatic N) is 5. The van der Waals surface area contributed by atoms with E-state index in [1.807, 2.05) is 45.2 Å². The van der Waals surface area contributed by atoms with E-state index in [2.05, 4.69) is 25.3 Å². The number of nitrogens with one attached hydrogen (secondary N) is 2. The molecular formula is C26H30FN7O. The van der Waals surface area contributed by atoms with Gasteiger partial charge in [0.1, 0.15) is 5.82 Å². The highest BCUT2D eigenvalue weighted by Crippen LogP contribution is 2.45. The summed E-state index contributed by atoms with van der Waals surface area (Å²) in [5.74, 6) is 1.41. The van der Waals surface area contributed by atoms with Crippen LogP contribution in [-0.4, -0.2) is 44.8 Å². The molecule has 2 N–H and O–H groups in total. The number of nitriles is 1. The highest BCUT2D eigenvalue weighted by Gasteiger charge is 2.43. The number of pyridine rings is 1. The average Bonchev–Trinajstić information content (AvgIpc) is 3.51. The lowest BCUT2D eigenvalue weighted by Crippen LogP contribution is -2.39. The molecule has 182 valence electrons. The summed E-state index contributed by atoms with van der Waals surface area (Å²) in [4.78, 5) is 22.8. The molecule has 0 amide bonds. The van der Waals surface area contributed by atoms with Crippen molar-refractivity contribution in [2.45, 2.75) is 52.1 Å². The van der Waals surface area contributed by atoms with Crippen LogP contribution >= 0.6 is 0 Å². The lowest BCUT2D eigenvalue weighted by Gasteiger charge is -2.22. The Morgan fingerprint density at radius 1 is 1.31 bits per heavy atom. The van der Waals surface area contributed by atoms with Crippen molar-refractivity contribution >= 4 is 16.9 Å².